The third-order valence-corrected chi connectivity index (χ3v) is 3.94. The lowest BCUT2D eigenvalue weighted by atomic mass is 9.92. The standard InChI is InChI=1S/C19H16N4/c1-4-10-16(11-5-1)19(17-12-6-2-7-13-17)20-22-23(21-19)18-14-8-3-9-15-18/h1-15,21H. The molecule has 4 nitrogen and oxygen atoms in total. The van der Waals surface area contributed by atoms with Crippen molar-refractivity contribution in [3.8, 4) is 0 Å². The molecule has 0 spiro atoms. The summed E-state index contributed by atoms with van der Waals surface area (Å²) in [4.78, 5) is 0. The second-order valence-corrected chi connectivity index (χ2v) is 5.39. The SMILES string of the molecule is c1ccc(N2N=NC(c3ccccc3)(c3ccccc3)N2)cc1. The average Bonchev–Trinajstić information content (AvgIpc) is 3.11. The van der Waals surface area contributed by atoms with E-state index in [1.165, 1.54) is 0 Å². The molecule has 112 valence electrons. The summed E-state index contributed by atoms with van der Waals surface area (Å²) in [6.45, 7) is 0. The fourth-order valence-corrected chi connectivity index (χ4v) is 2.77. The molecule has 4 heteroatoms. The van der Waals surface area contributed by atoms with Crippen LogP contribution in [0, 0.1) is 0 Å². The quantitative estimate of drug-likeness (QED) is 0.784. The predicted molar refractivity (Wildman–Crippen MR) is 90.6 cm³/mol. The van der Waals surface area contributed by atoms with E-state index in [9.17, 15) is 0 Å². The van der Waals surface area contributed by atoms with Gasteiger partial charge >= 0.3 is 0 Å². The van der Waals surface area contributed by atoms with Gasteiger partial charge in [-0.25, -0.2) is 0 Å². The number of nitrogens with zero attached hydrogens (tertiary/aromatic N) is 3. The van der Waals surface area contributed by atoms with Crippen LogP contribution in [0.1, 0.15) is 11.1 Å². The third kappa shape index (κ3) is 2.39. The lowest BCUT2D eigenvalue weighted by Gasteiger charge is -2.28. The Bertz CT molecular complexity index is 761. The molecular weight excluding hydrogens is 284 g/mol. The van der Waals surface area contributed by atoms with Crippen molar-refractivity contribution in [1.29, 1.82) is 0 Å². The Morgan fingerprint density at radius 1 is 0.652 bits per heavy atom. The first-order chi connectivity index (χ1) is 11.4. The summed E-state index contributed by atoms with van der Waals surface area (Å²) in [7, 11) is 0. The van der Waals surface area contributed by atoms with E-state index in [2.05, 4.69) is 40.0 Å². The number of nitrogens with one attached hydrogen (secondary N) is 1. The van der Waals surface area contributed by atoms with Gasteiger partial charge in [0.05, 0.1) is 5.69 Å². The number of para-hydroxylation sites is 1. The van der Waals surface area contributed by atoms with Crippen LogP contribution in [0.3, 0.4) is 0 Å². The molecule has 3 aromatic rings. The Morgan fingerprint density at radius 3 is 1.65 bits per heavy atom. The lowest BCUT2D eigenvalue weighted by molar-refractivity contribution is 0.461. The number of anilines is 1. The Kier molecular flexibility index (Phi) is 3.37. The summed E-state index contributed by atoms with van der Waals surface area (Å²) in [5.74, 6) is 0. The van der Waals surface area contributed by atoms with E-state index in [1.807, 2.05) is 66.7 Å². The van der Waals surface area contributed by atoms with Gasteiger partial charge in [0, 0.05) is 11.1 Å². The molecule has 0 fully saturated rings. The Morgan fingerprint density at radius 2 is 1.13 bits per heavy atom. The van der Waals surface area contributed by atoms with Gasteiger partial charge in [-0.05, 0) is 12.1 Å². The minimum Gasteiger partial charge on any atom is -0.175 e. The maximum Gasteiger partial charge on any atom is 0.203 e. The molecule has 0 aliphatic carbocycles. The molecule has 4 rings (SSSR count). The third-order valence-electron chi connectivity index (χ3n) is 3.94. The van der Waals surface area contributed by atoms with Crippen molar-refractivity contribution >= 4 is 5.69 Å². The van der Waals surface area contributed by atoms with Crippen molar-refractivity contribution < 1.29 is 0 Å². The van der Waals surface area contributed by atoms with Crippen molar-refractivity contribution in [3.05, 3.63) is 102 Å². The molecule has 1 N–H and O–H groups in total. The average molecular weight is 300 g/mol. The highest BCUT2D eigenvalue weighted by atomic mass is 15.8. The van der Waals surface area contributed by atoms with Crippen molar-refractivity contribution in [2.75, 3.05) is 5.12 Å². The molecular formula is C19H16N4. The summed E-state index contributed by atoms with van der Waals surface area (Å²) < 4.78 is 0. The molecule has 0 radical (unpaired) electrons. The lowest BCUT2D eigenvalue weighted by Crippen LogP contribution is -2.45. The summed E-state index contributed by atoms with van der Waals surface area (Å²) in [5, 5.41) is 10.7. The highest BCUT2D eigenvalue weighted by molar-refractivity contribution is 5.47. The van der Waals surface area contributed by atoms with E-state index in [1.54, 1.807) is 5.12 Å². The zero-order chi connectivity index (χ0) is 15.5. The van der Waals surface area contributed by atoms with Crippen LogP contribution in [0.15, 0.2) is 101 Å². The largest absolute Gasteiger partial charge is 0.203 e. The van der Waals surface area contributed by atoms with Crippen LogP contribution in [0.25, 0.3) is 0 Å². The highest BCUT2D eigenvalue weighted by Gasteiger charge is 2.40. The first kappa shape index (κ1) is 13.7. The number of benzene rings is 3. The topological polar surface area (TPSA) is 40.0 Å². The van der Waals surface area contributed by atoms with E-state index in [-0.39, 0.29) is 0 Å². The molecule has 1 aliphatic heterocycles. The molecule has 0 bridgehead atoms. The van der Waals surface area contributed by atoms with Crippen LogP contribution in [0.5, 0.6) is 0 Å². The molecule has 23 heavy (non-hydrogen) atoms. The van der Waals surface area contributed by atoms with Gasteiger partial charge in [-0.3, -0.25) is 0 Å². The van der Waals surface area contributed by atoms with Gasteiger partial charge in [0.1, 0.15) is 0 Å². The number of hydrogen-bond acceptors (Lipinski definition) is 4. The monoisotopic (exact) mass is 300 g/mol. The smallest absolute Gasteiger partial charge is 0.175 e. The van der Waals surface area contributed by atoms with E-state index in [0.717, 1.165) is 16.8 Å². The molecule has 1 aliphatic rings. The molecule has 0 amide bonds. The number of hydrazine groups is 1. The minimum absolute atomic E-state index is 0.710. The van der Waals surface area contributed by atoms with E-state index in [4.69, 9.17) is 0 Å². The van der Waals surface area contributed by atoms with Gasteiger partial charge in [0.2, 0.25) is 5.66 Å². The van der Waals surface area contributed by atoms with Gasteiger partial charge < -0.3 is 0 Å². The summed E-state index contributed by atoms with van der Waals surface area (Å²) >= 11 is 0. The number of rotatable bonds is 3. The van der Waals surface area contributed by atoms with Crippen molar-refractivity contribution in [3.63, 3.8) is 0 Å². The fourth-order valence-electron chi connectivity index (χ4n) is 2.77. The normalized spacial score (nSPS) is 15.7. The van der Waals surface area contributed by atoms with Crippen LogP contribution in [0.2, 0.25) is 0 Å². The van der Waals surface area contributed by atoms with Crippen LogP contribution in [-0.4, -0.2) is 0 Å². The highest BCUT2D eigenvalue weighted by Crippen LogP contribution is 2.36. The fraction of sp³-hybridized carbons (Fsp3) is 0.0526. The Balaban J connectivity index is 1.79. The first-order valence-corrected chi connectivity index (χ1v) is 7.55. The van der Waals surface area contributed by atoms with Gasteiger partial charge in [0.25, 0.3) is 0 Å². The molecule has 0 unspecified atom stereocenters. The van der Waals surface area contributed by atoms with Gasteiger partial charge in [-0.1, -0.05) is 84.1 Å². The summed E-state index contributed by atoms with van der Waals surface area (Å²) in [6, 6.07) is 30.3. The second-order valence-electron chi connectivity index (χ2n) is 5.39. The predicted octanol–water partition coefficient (Wildman–Crippen LogP) is 4.28. The van der Waals surface area contributed by atoms with Gasteiger partial charge in [0.15, 0.2) is 0 Å². The zero-order valence-corrected chi connectivity index (χ0v) is 12.5. The van der Waals surface area contributed by atoms with E-state index in [0.29, 0.717) is 0 Å². The molecule has 0 saturated carbocycles. The molecule has 3 aromatic carbocycles. The van der Waals surface area contributed by atoms with Gasteiger partial charge in [-0.15, -0.1) is 5.11 Å². The van der Waals surface area contributed by atoms with Crippen molar-refractivity contribution in [2.24, 2.45) is 10.3 Å². The van der Waals surface area contributed by atoms with Crippen molar-refractivity contribution in [2.45, 2.75) is 5.66 Å². The van der Waals surface area contributed by atoms with Gasteiger partial charge in [-0.2, -0.15) is 10.5 Å². The maximum atomic E-state index is 4.61. The van der Waals surface area contributed by atoms with Crippen LogP contribution in [-0.2, 0) is 5.66 Å². The first-order valence-electron chi connectivity index (χ1n) is 7.55. The molecule has 0 aromatic heterocycles. The van der Waals surface area contributed by atoms with E-state index < -0.39 is 5.66 Å². The molecule has 0 atom stereocenters. The molecule has 1 heterocycles. The molecule has 0 saturated heterocycles. The number of hydrogen-bond donors (Lipinski definition) is 1. The summed E-state index contributed by atoms with van der Waals surface area (Å²) in [6.07, 6.45) is 0. The van der Waals surface area contributed by atoms with Crippen LogP contribution >= 0.6 is 0 Å². The van der Waals surface area contributed by atoms with E-state index >= 15 is 0 Å². The maximum absolute atomic E-state index is 4.61. The Hall–Kier alpha value is -2.98. The minimum atomic E-state index is -0.710. The van der Waals surface area contributed by atoms with Crippen LogP contribution < -0.4 is 10.5 Å². The zero-order valence-electron chi connectivity index (χ0n) is 12.5. The second kappa shape index (κ2) is 5.66. The Labute approximate surface area is 135 Å². The summed E-state index contributed by atoms with van der Waals surface area (Å²) in [5.41, 5.74) is 5.79. The van der Waals surface area contributed by atoms with Crippen LogP contribution in [0.4, 0.5) is 5.69 Å². The van der Waals surface area contributed by atoms with Crippen molar-refractivity contribution in [1.82, 2.24) is 5.43 Å².